The smallest absolute Gasteiger partial charge is 0.338 e. The Hall–Kier alpha value is -1.30. The van der Waals surface area contributed by atoms with Gasteiger partial charge in [0.05, 0.1) is 28.3 Å². The van der Waals surface area contributed by atoms with Gasteiger partial charge < -0.3 is 14.9 Å². The van der Waals surface area contributed by atoms with Crippen LogP contribution in [0.5, 0.6) is 0 Å². The standard InChI is InChI=1S/C9H6Cl2O4.CH4O/c1-15-9(14)5-3-7(11)6(10)2-4(5)8(12)13;1-2/h2-3H,1H3,(H,12,13);2H,1H3. The number of aliphatic hydroxyl groups is 1. The summed E-state index contributed by atoms with van der Waals surface area (Å²) in [6, 6.07) is 2.28. The first-order valence-corrected chi connectivity index (χ1v) is 4.98. The molecule has 2 N–H and O–H groups in total. The van der Waals surface area contributed by atoms with Crippen LogP contribution in [0.2, 0.25) is 10.0 Å². The molecule has 0 spiro atoms. The van der Waals surface area contributed by atoms with Crippen LogP contribution in [0.15, 0.2) is 12.1 Å². The van der Waals surface area contributed by atoms with Gasteiger partial charge in [0.2, 0.25) is 0 Å². The quantitative estimate of drug-likeness (QED) is 0.811. The number of esters is 1. The van der Waals surface area contributed by atoms with Crippen molar-refractivity contribution in [3.8, 4) is 0 Å². The molecule has 5 nitrogen and oxygen atoms in total. The van der Waals surface area contributed by atoms with Crippen LogP contribution in [-0.4, -0.2) is 36.4 Å². The van der Waals surface area contributed by atoms with Crippen LogP contribution >= 0.6 is 23.2 Å². The summed E-state index contributed by atoms with van der Waals surface area (Å²) in [5.41, 5.74) is -0.365. The lowest BCUT2D eigenvalue weighted by Crippen LogP contribution is -2.10. The molecule has 0 bridgehead atoms. The maximum absolute atomic E-state index is 11.2. The third-order valence-corrected chi connectivity index (χ3v) is 2.42. The van der Waals surface area contributed by atoms with Crippen molar-refractivity contribution in [1.82, 2.24) is 0 Å². The van der Waals surface area contributed by atoms with E-state index >= 15 is 0 Å². The van der Waals surface area contributed by atoms with Gasteiger partial charge in [-0.05, 0) is 12.1 Å². The molecule has 17 heavy (non-hydrogen) atoms. The molecule has 0 radical (unpaired) electrons. The average Bonchev–Trinajstić information content (AvgIpc) is 2.33. The Bertz CT molecular complexity index is 431. The number of carboxylic acid groups (broad SMARTS) is 1. The molecule has 0 amide bonds. The fraction of sp³-hybridized carbons (Fsp3) is 0.200. The molecule has 1 aromatic rings. The predicted molar refractivity (Wildman–Crippen MR) is 62.9 cm³/mol. The monoisotopic (exact) mass is 280 g/mol. The van der Waals surface area contributed by atoms with Crippen LogP contribution in [-0.2, 0) is 4.74 Å². The molecule has 0 aliphatic heterocycles. The number of halogens is 2. The van der Waals surface area contributed by atoms with E-state index in [1.807, 2.05) is 0 Å². The Kier molecular flexibility index (Phi) is 6.57. The number of carboxylic acids is 1. The molecule has 0 unspecified atom stereocenters. The Balaban J connectivity index is 0.00000121. The van der Waals surface area contributed by atoms with E-state index in [1.165, 1.54) is 6.07 Å². The van der Waals surface area contributed by atoms with E-state index in [9.17, 15) is 9.59 Å². The maximum Gasteiger partial charge on any atom is 0.338 e. The highest BCUT2D eigenvalue weighted by Crippen LogP contribution is 2.26. The predicted octanol–water partition coefficient (Wildman–Crippen LogP) is 2.09. The SMILES string of the molecule is CO.COC(=O)c1cc(Cl)c(Cl)cc1C(=O)O. The largest absolute Gasteiger partial charge is 0.478 e. The van der Waals surface area contributed by atoms with E-state index in [2.05, 4.69) is 4.74 Å². The van der Waals surface area contributed by atoms with Gasteiger partial charge in [-0.3, -0.25) is 0 Å². The topological polar surface area (TPSA) is 83.8 Å². The zero-order valence-corrected chi connectivity index (χ0v) is 10.5. The van der Waals surface area contributed by atoms with E-state index in [-0.39, 0.29) is 21.2 Å². The Morgan fingerprint density at radius 3 is 1.88 bits per heavy atom. The number of aliphatic hydroxyl groups excluding tert-OH is 1. The van der Waals surface area contributed by atoms with Crippen LogP contribution in [0.25, 0.3) is 0 Å². The second-order valence-electron chi connectivity index (χ2n) is 2.61. The zero-order valence-electron chi connectivity index (χ0n) is 9.03. The number of carbonyl (C=O) groups is 2. The van der Waals surface area contributed by atoms with Gasteiger partial charge in [-0.15, -0.1) is 0 Å². The van der Waals surface area contributed by atoms with Crippen molar-refractivity contribution >= 4 is 35.1 Å². The van der Waals surface area contributed by atoms with E-state index in [1.54, 1.807) is 0 Å². The second-order valence-corrected chi connectivity index (χ2v) is 3.42. The van der Waals surface area contributed by atoms with Gasteiger partial charge in [0.25, 0.3) is 0 Å². The number of benzene rings is 1. The fourth-order valence-corrected chi connectivity index (χ4v) is 1.33. The number of rotatable bonds is 2. The van der Waals surface area contributed by atoms with Crippen LogP contribution in [0.3, 0.4) is 0 Å². The van der Waals surface area contributed by atoms with Crippen molar-refractivity contribution in [2.24, 2.45) is 0 Å². The molecule has 0 atom stereocenters. The molecular weight excluding hydrogens is 271 g/mol. The third-order valence-electron chi connectivity index (χ3n) is 1.70. The van der Waals surface area contributed by atoms with Gasteiger partial charge in [-0.2, -0.15) is 0 Å². The van der Waals surface area contributed by atoms with Crippen LogP contribution < -0.4 is 0 Å². The van der Waals surface area contributed by atoms with E-state index in [0.29, 0.717) is 0 Å². The minimum atomic E-state index is -1.27. The number of carbonyl (C=O) groups excluding carboxylic acids is 1. The first-order chi connectivity index (χ1) is 7.97. The van der Waals surface area contributed by atoms with Crippen molar-refractivity contribution in [1.29, 1.82) is 0 Å². The zero-order chi connectivity index (χ0) is 13.6. The third kappa shape index (κ3) is 3.89. The first kappa shape index (κ1) is 15.7. The van der Waals surface area contributed by atoms with E-state index < -0.39 is 11.9 Å². The Morgan fingerprint density at radius 1 is 1.12 bits per heavy atom. The lowest BCUT2D eigenvalue weighted by atomic mass is 10.1. The van der Waals surface area contributed by atoms with Crippen molar-refractivity contribution in [2.45, 2.75) is 0 Å². The van der Waals surface area contributed by atoms with Gasteiger partial charge in [-0.25, -0.2) is 9.59 Å². The maximum atomic E-state index is 11.2. The molecular formula is C10H10Cl2O5. The van der Waals surface area contributed by atoms with Gasteiger partial charge in [-0.1, -0.05) is 23.2 Å². The molecule has 0 saturated carbocycles. The molecule has 0 aliphatic carbocycles. The lowest BCUT2D eigenvalue weighted by Gasteiger charge is -2.05. The molecule has 0 fully saturated rings. The molecule has 7 heteroatoms. The first-order valence-electron chi connectivity index (χ1n) is 4.22. The average molecular weight is 281 g/mol. The van der Waals surface area contributed by atoms with Crippen molar-refractivity contribution in [3.63, 3.8) is 0 Å². The van der Waals surface area contributed by atoms with Crippen molar-refractivity contribution in [3.05, 3.63) is 33.3 Å². The second kappa shape index (κ2) is 7.11. The minimum absolute atomic E-state index is 0.0710. The molecule has 0 saturated heterocycles. The molecule has 0 aromatic heterocycles. The number of aromatic carboxylic acids is 1. The highest BCUT2D eigenvalue weighted by Gasteiger charge is 2.19. The summed E-state index contributed by atoms with van der Waals surface area (Å²) < 4.78 is 4.42. The number of methoxy groups -OCH3 is 1. The lowest BCUT2D eigenvalue weighted by molar-refractivity contribution is 0.0582. The highest BCUT2D eigenvalue weighted by molar-refractivity contribution is 6.42. The summed E-state index contributed by atoms with van der Waals surface area (Å²) in [7, 11) is 2.15. The van der Waals surface area contributed by atoms with E-state index in [0.717, 1.165) is 20.3 Å². The van der Waals surface area contributed by atoms with Crippen LogP contribution in [0.1, 0.15) is 20.7 Å². The molecule has 1 aromatic carbocycles. The summed E-state index contributed by atoms with van der Waals surface area (Å²) in [6.45, 7) is 0. The summed E-state index contributed by atoms with van der Waals surface area (Å²) in [5, 5.41) is 16.0. The van der Waals surface area contributed by atoms with Gasteiger partial charge >= 0.3 is 11.9 Å². The fourth-order valence-electron chi connectivity index (χ4n) is 1.00. The molecule has 1 rings (SSSR count). The summed E-state index contributed by atoms with van der Waals surface area (Å²) >= 11 is 11.3. The normalized spacial score (nSPS) is 9.00. The number of hydrogen-bond acceptors (Lipinski definition) is 4. The van der Waals surface area contributed by atoms with Gasteiger partial charge in [0.1, 0.15) is 0 Å². The molecule has 0 heterocycles. The Labute approximate surface area is 108 Å². The van der Waals surface area contributed by atoms with Gasteiger partial charge in [0.15, 0.2) is 0 Å². The molecule has 94 valence electrons. The molecule has 0 aliphatic rings. The van der Waals surface area contributed by atoms with E-state index in [4.69, 9.17) is 33.4 Å². The highest BCUT2D eigenvalue weighted by atomic mass is 35.5. The summed E-state index contributed by atoms with van der Waals surface area (Å²) in [4.78, 5) is 22.0. The van der Waals surface area contributed by atoms with Crippen LogP contribution in [0.4, 0.5) is 0 Å². The summed E-state index contributed by atoms with van der Waals surface area (Å²) in [6.07, 6.45) is 0. The number of hydrogen-bond donors (Lipinski definition) is 2. The minimum Gasteiger partial charge on any atom is -0.478 e. The Morgan fingerprint density at radius 2 is 1.53 bits per heavy atom. The van der Waals surface area contributed by atoms with Crippen molar-refractivity contribution in [2.75, 3.05) is 14.2 Å². The summed E-state index contributed by atoms with van der Waals surface area (Å²) in [5.74, 6) is -2.04. The van der Waals surface area contributed by atoms with Crippen LogP contribution in [0, 0.1) is 0 Å². The van der Waals surface area contributed by atoms with Crippen molar-refractivity contribution < 1.29 is 24.5 Å². The number of ether oxygens (including phenoxy) is 1. The van der Waals surface area contributed by atoms with Gasteiger partial charge in [0, 0.05) is 7.11 Å².